The smallest absolute Gasteiger partial charge is 0.213 e. The van der Waals surface area contributed by atoms with E-state index in [1.807, 2.05) is 13.0 Å². The summed E-state index contributed by atoms with van der Waals surface area (Å²) in [4.78, 5) is 5.08. The number of aromatic amines is 1. The van der Waals surface area contributed by atoms with Crippen molar-refractivity contribution < 1.29 is 4.39 Å². The third-order valence-electron chi connectivity index (χ3n) is 2.58. The van der Waals surface area contributed by atoms with Gasteiger partial charge in [0, 0.05) is 17.0 Å². The zero-order valence-electron chi connectivity index (χ0n) is 11.0. The fraction of sp³-hybridized carbons (Fsp3) is 0.385. The number of hydrogen-bond donors (Lipinski definition) is 2. The average Bonchev–Trinajstić information content (AvgIpc) is 2.78. The number of nitrogens with one attached hydrogen (secondary N) is 2. The average molecular weight is 280 g/mol. The lowest BCUT2D eigenvalue weighted by molar-refractivity contribution is 0.578. The second-order valence-corrected chi connectivity index (χ2v) is 5.21. The Morgan fingerprint density at radius 3 is 2.95 bits per heavy atom. The molecule has 1 aromatic carbocycles. The van der Waals surface area contributed by atoms with E-state index in [4.69, 9.17) is 0 Å². The lowest BCUT2D eigenvalue weighted by Gasteiger charge is -2.09. The molecule has 0 fully saturated rings. The Kier molecular flexibility index (Phi) is 4.93. The first-order valence-electron chi connectivity index (χ1n) is 6.25. The van der Waals surface area contributed by atoms with Gasteiger partial charge in [-0.1, -0.05) is 13.0 Å². The van der Waals surface area contributed by atoms with Crippen molar-refractivity contribution in [2.45, 2.75) is 36.9 Å². The first-order chi connectivity index (χ1) is 9.20. The van der Waals surface area contributed by atoms with Gasteiger partial charge < -0.3 is 5.32 Å². The fourth-order valence-corrected chi connectivity index (χ4v) is 2.57. The van der Waals surface area contributed by atoms with E-state index in [0.717, 1.165) is 23.7 Å². The third kappa shape index (κ3) is 3.78. The predicted octanol–water partition coefficient (Wildman–Crippen LogP) is 2.90. The molecule has 19 heavy (non-hydrogen) atoms. The van der Waals surface area contributed by atoms with Crippen LogP contribution in [0.25, 0.3) is 0 Å². The summed E-state index contributed by atoms with van der Waals surface area (Å²) in [7, 11) is 0. The Morgan fingerprint density at radius 1 is 1.42 bits per heavy atom. The molecular formula is C13H17FN4S. The zero-order valence-corrected chi connectivity index (χ0v) is 11.9. The summed E-state index contributed by atoms with van der Waals surface area (Å²) in [5, 5.41) is 10.7. The molecule has 0 saturated heterocycles. The maximum absolute atomic E-state index is 13.9. The first-order valence-corrected chi connectivity index (χ1v) is 7.07. The molecule has 4 nitrogen and oxygen atoms in total. The number of aromatic nitrogens is 3. The highest BCUT2D eigenvalue weighted by Gasteiger charge is 2.11. The molecule has 0 aliphatic carbocycles. The van der Waals surface area contributed by atoms with Crippen molar-refractivity contribution in [1.29, 1.82) is 0 Å². The number of H-pyrrole nitrogens is 1. The van der Waals surface area contributed by atoms with Crippen LogP contribution in [0.1, 0.15) is 24.7 Å². The summed E-state index contributed by atoms with van der Waals surface area (Å²) < 4.78 is 13.9. The minimum absolute atomic E-state index is 0.194. The van der Waals surface area contributed by atoms with Crippen molar-refractivity contribution in [2.75, 3.05) is 6.54 Å². The molecule has 6 heteroatoms. The second-order valence-electron chi connectivity index (χ2n) is 4.20. The number of rotatable bonds is 6. The Balaban J connectivity index is 2.16. The van der Waals surface area contributed by atoms with Gasteiger partial charge in [0.1, 0.15) is 11.6 Å². The monoisotopic (exact) mass is 280 g/mol. The molecule has 0 aliphatic rings. The van der Waals surface area contributed by atoms with Gasteiger partial charge >= 0.3 is 0 Å². The van der Waals surface area contributed by atoms with Crippen molar-refractivity contribution in [3.8, 4) is 0 Å². The van der Waals surface area contributed by atoms with E-state index in [0.29, 0.717) is 17.3 Å². The molecule has 2 N–H and O–H groups in total. The van der Waals surface area contributed by atoms with E-state index in [2.05, 4.69) is 27.4 Å². The van der Waals surface area contributed by atoms with Gasteiger partial charge in [0.2, 0.25) is 5.16 Å². The number of aryl methyl sites for hydroxylation is 1. The van der Waals surface area contributed by atoms with Crippen LogP contribution in [0, 0.1) is 12.7 Å². The first kappa shape index (κ1) is 14.0. The minimum atomic E-state index is -0.194. The van der Waals surface area contributed by atoms with Gasteiger partial charge in [-0.2, -0.15) is 0 Å². The molecule has 0 amide bonds. The molecule has 0 atom stereocenters. The van der Waals surface area contributed by atoms with Crippen LogP contribution in [0.5, 0.6) is 0 Å². The Bertz CT molecular complexity index is 541. The number of benzene rings is 1. The van der Waals surface area contributed by atoms with E-state index < -0.39 is 0 Å². The van der Waals surface area contributed by atoms with E-state index in [-0.39, 0.29) is 5.82 Å². The van der Waals surface area contributed by atoms with E-state index in [1.54, 1.807) is 6.07 Å². The summed E-state index contributed by atoms with van der Waals surface area (Å²) in [6.07, 6.45) is 1.02. The highest BCUT2D eigenvalue weighted by Crippen LogP contribution is 2.29. The maximum atomic E-state index is 13.9. The SMILES string of the molecule is CCCNCc1c(F)cccc1Sc1n[nH]c(C)n1. The van der Waals surface area contributed by atoms with Crippen LogP contribution < -0.4 is 5.32 Å². The van der Waals surface area contributed by atoms with Crippen molar-refractivity contribution in [2.24, 2.45) is 0 Å². The van der Waals surface area contributed by atoms with Gasteiger partial charge in [-0.3, -0.25) is 5.10 Å². The highest BCUT2D eigenvalue weighted by molar-refractivity contribution is 7.99. The molecule has 2 aromatic rings. The highest BCUT2D eigenvalue weighted by atomic mass is 32.2. The van der Waals surface area contributed by atoms with Crippen LogP contribution in [0.3, 0.4) is 0 Å². The topological polar surface area (TPSA) is 53.6 Å². The van der Waals surface area contributed by atoms with Crippen molar-refractivity contribution in [3.63, 3.8) is 0 Å². The van der Waals surface area contributed by atoms with Crippen molar-refractivity contribution in [3.05, 3.63) is 35.4 Å². The minimum Gasteiger partial charge on any atom is -0.313 e. The van der Waals surface area contributed by atoms with Crippen LogP contribution in [-0.4, -0.2) is 21.7 Å². The molecule has 0 aliphatic heterocycles. The molecule has 2 rings (SSSR count). The number of hydrogen-bond acceptors (Lipinski definition) is 4. The van der Waals surface area contributed by atoms with Gasteiger partial charge in [0.25, 0.3) is 0 Å². The van der Waals surface area contributed by atoms with Gasteiger partial charge in [0.15, 0.2) is 0 Å². The van der Waals surface area contributed by atoms with E-state index >= 15 is 0 Å². The number of halogens is 1. The fourth-order valence-electron chi connectivity index (χ4n) is 1.66. The summed E-state index contributed by atoms with van der Waals surface area (Å²) in [6.45, 7) is 5.32. The lowest BCUT2D eigenvalue weighted by atomic mass is 10.2. The Hall–Kier alpha value is -1.40. The molecular weight excluding hydrogens is 263 g/mol. The standard InChI is InChI=1S/C13H17FN4S/c1-3-7-15-8-10-11(14)5-4-6-12(10)19-13-16-9(2)17-18-13/h4-6,15H,3,7-8H2,1-2H3,(H,16,17,18). The van der Waals surface area contributed by atoms with Gasteiger partial charge in [0.05, 0.1) is 0 Å². The largest absolute Gasteiger partial charge is 0.313 e. The summed E-state index contributed by atoms with van der Waals surface area (Å²) in [5.74, 6) is 0.561. The van der Waals surface area contributed by atoms with Crippen LogP contribution in [0.2, 0.25) is 0 Å². The maximum Gasteiger partial charge on any atom is 0.213 e. The zero-order chi connectivity index (χ0) is 13.7. The van der Waals surface area contributed by atoms with Gasteiger partial charge in [-0.05, 0) is 43.8 Å². The van der Waals surface area contributed by atoms with Gasteiger partial charge in [-0.25, -0.2) is 9.37 Å². The molecule has 1 aromatic heterocycles. The lowest BCUT2D eigenvalue weighted by Crippen LogP contribution is -2.15. The van der Waals surface area contributed by atoms with E-state index in [1.165, 1.54) is 17.8 Å². The van der Waals surface area contributed by atoms with E-state index in [9.17, 15) is 4.39 Å². The van der Waals surface area contributed by atoms with Crippen molar-refractivity contribution in [1.82, 2.24) is 20.5 Å². The molecule has 0 unspecified atom stereocenters. The molecule has 1 heterocycles. The Morgan fingerprint density at radius 2 is 2.26 bits per heavy atom. The van der Waals surface area contributed by atoms with Crippen molar-refractivity contribution >= 4 is 11.8 Å². The van der Waals surface area contributed by atoms with Crippen LogP contribution in [0.4, 0.5) is 4.39 Å². The van der Waals surface area contributed by atoms with Crippen LogP contribution >= 0.6 is 11.8 Å². The molecule has 0 bridgehead atoms. The summed E-state index contributed by atoms with van der Waals surface area (Å²) in [5.41, 5.74) is 0.670. The Labute approximate surface area is 116 Å². The third-order valence-corrected chi connectivity index (χ3v) is 3.55. The molecule has 102 valence electrons. The molecule has 0 radical (unpaired) electrons. The normalized spacial score (nSPS) is 10.9. The van der Waals surface area contributed by atoms with Crippen LogP contribution in [0.15, 0.2) is 28.3 Å². The summed E-state index contributed by atoms with van der Waals surface area (Å²) >= 11 is 1.37. The van der Waals surface area contributed by atoms with Gasteiger partial charge in [-0.15, -0.1) is 5.10 Å². The second kappa shape index (κ2) is 6.68. The quantitative estimate of drug-likeness (QED) is 0.799. The number of nitrogens with zero attached hydrogens (tertiary/aromatic N) is 2. The molecule has 0 spiro atoms. The summed E-state index contributed by atoms with van der Waals surface area (Å²) in [6, 6.07) is 5.08. The van der Waals surface area contributed by atoms with Crippen LogP contribution in [-0.2, 0) is 6.54 Å². The molecule has 0 saturated carbocycles. The predicted molar refractivity (Wildman–Crippen MR) is 73.6 cm³/mol.